The number of hydrogen-bond acceptors (Lipinski definition) is 2. The van der Waals surface area contributed by atoms with Crippen LogP contribution in [0.1, 0.15) is 72.6 Å². The Labute approximate surface area is 398 Å². The SMILES string of the molecule is CC1(C)c2ccccc2C(c2ccc(-c3ccc4c(c3)c3cccc5c3n4-c3ccccc3C5(C)C)cc2)c2ccc(-c3cccc(-c4cc(-c5ccccc5)nc(-c5ccccc5)n4)c3)cc21. The summed E-state index contributed by atoms with van der Waals surface area (Å²) >= 11 is 0. The minimum Gasteiger partial charge on any atom is -0.309 e. The van der Waals surface area contributed by atoms with Gasteiger partial charge in [-0.1, -0.05) is 210 Å². The minimum absolute atomic E-state index is 0.0863. The van der Waals surface area contributed by atoms with Crippen molar-refractivity contribution < 1.29 is 0 Å². The third kappa shape index (κ3) is 6.19. The molecule has 0 spiro atoms. The van der Waals surface area contributed by atoms with E-state index in [4.69, 9.17) is 9.97 Å². The van der Waals surface area contributed by atoms with Crippen LogP contribution in [0, 0.1) is 0 Å². The van der Waals surface area contributed by atoms with E-state index in [9.17, 15) is 0 Å². The molecule has 0 saturated heterocycles. The smallest absolute Gasteiger partial charge is 0.160 e. The summed E-state index contributed by atoms with van der Waals surface area (Å²) < 4.78 is 2.50. The molecule has 13 rings (SSSR count). The van der Waals surface area contributed by atoms with Crippen LogP contribution in [0.5, 0.6) is 0 Å². The molecule has 68 heavy (non-hydrogen) atoms. The van der Waals surface area contributed by atoms with E-state index in [0.29, 0.717) is 0 Å². The van der Waals surface area contributed by atoms with E-state index in [2.05, 4.69) is 226 Å². The molecule has 2 aromatic heterocycles. The van der Waals surface area contributed by atoms with Crippen LogP contribution in [0.3, 0.4) is 0 Å². The van der Waals surface area contributed by atoms with Gasteiger partial charge in [-0.05, 0) is 97.6 Å². The topological polar surface area (TPSA) is 30.7 Å². The van der Waals surface area contributed by atoms with Gasteiger partial charge in [0.25, 0.3) is 0 Å². The predicted molar refractivity (Wildman–Crippen MR) is 282 cm³/mol. The summed E-state index contributed by atoms with van der Waals surface area (Å²) in [5.41, 5.74) is 22.8. The van der Waals surface area contributed by atoms with Gasteiger partial charge >= 0.3 is 0 Å². The van der Waals surface area contributed by atoms with Gasteiger partial charge in [0.05, 0.1) is 28.1 Å². The maximum atomic E-state index is 5.16. The van der Waals surface area contributed by atoms with Crippen LogP contribution in [0.4, 0.5) is 0 Å². The van der Waals surface area contributed by atoms with Crippen LogP contribution in [-0.2, 0) is 10.8 Å². The van der Waals surface area contributed by atoms with Crippen molar-refractivity contribution in [2.45, 2.75) is 44.4 Å². The van der Waals surface area contributed by atoms with Gasteiger partial charge in [0.1, 0.15) is 0 Å². The lowest BCUT2D eigenvalue weighted by Crippen LogP contribution is -2.29. The Bertz CT molecular complexity index is 3720. The fourth-order valence-electron chi connectivity index (χ4n) is 11.7. The lowest BCUT2D eigenvalue weighted by Gasteiger charge is -2.40. The first-order valence-electron chi connectivity index (χ1n) is 23.8. The molecule has 3 heteroatoms. The van der Waals surface area contributed by atoms with Gasteiger partial charge in [0, 0.05) is 44.2 Å². The summed E-state index contributed by atoms with van der Waals surface area (Å²) in [6.07, 6.45) is 0. The zero-order valence-corrected chi connectivity index (χ0v) is 38.7. The van der Waals surface area contributed by atoms with Gasteiger partial charge in [0.15, 0.2) is 5.82 Å². The summed E-state index contributed by atoms with van der Waals surface area (Å²) in [6, 6.07) is 80.1. The van der Waals surface area contributed by atoms with E-state index in [1.54, 1.807) is 0 Å². The first-order valence-corrected chi connectivity index (χ1v) is 23.8. The molecule has 324 valence electrons. The zero-order chi connectivity index (χ0) is 45.7. The van der Waals surface area contributed by atoms with Crippen LogP contribution >= 0.6 is 0 Å². The van der Waals surface area contributed by atoms with Gasteiger partial charge in [-0.15, -0.1) is 0 Å². The van der Waals surface area contributed by atoms with Crippen molar-refractivity contribution in [2.24, 2.45) is 0 Å². The molecule has 1 aliphatic heterocycles. The lowest BCUT2D eigenvalue weighted by molar-refractivity contribution is 0.598. The second-order valence-electron chi connectivity index (χ2n) is 19.8. The van der Waals surface area contributed by atoms with Crippen molar-refractivity contribution in [2.75, 3.05) is 0 Å². The Morgan fingerprint density at radius 3 is 1.72 bits per heavy atom. The van der Waals surface area contributed by atoms with Crippen LogP contribution in [-0.4, -0.2) is 14.5 Å². The fraction of sp³-hybridized carbons (Fsp3) is 0.108. The lowest BCUT2D eigenvalue weighted by atomic mass is 9.63. The van der Waals surface area contributed by atoms with Crippen LogP contribution in [0.15, 0.2) is 218 Å². The maximum Gasteiger partial charge on any atom is 0.160 e. The van der Waals surface area contributed by atoms with E-state index in [-0.39, 0.29) is 16.7 Å². The number of fused-ring (bicyclic) bond motifs is 7. The average molecular weight is 872 g/mol. The largest absolute Gasteiger partial charge is 0.309 e. The Morgan fingerprint density at radius 1 is 0.368 bits per heavy atom. The molecule has 11 aromatic rings. The molecule has 3 nitrogen and oxygen atoms in total. The number of hydrogen-bond donors (Lipinski definition) is 0. The predicted octanol–water partition coefficient (Wildman–Crippen LogP) is 16.4. The number of rotatable bonds is 6. The van der Waals surface area contributed by atoms with E-state index >= 15 is 0 Å². The highest BCUT2D eigenvalue weighted by Gasteiger charge is 2.38. The van der Waals surface area contributed by atoms with Gasteiger partial charge in [-0.25, -0.2) is 9.97 Å². The molecule has 0 N–H and O–H groups in total. The van der Waals surface area contributed by atoms with E-state index in [1.807, 2.05) is 24.3 Å². The molecule has 0 amide bonds. The van der Waals surface area contributed by atoms with E-state index < -0.39 is 0 Å². The molecular weight excluding hydrogens is 823 g/mol. The number of nitrogens with zero attached hydrogens (tertiary/aromatic N) is 3. The Morgan fingerprint density at radius 2 is 0.926 bits per heavy atom. The van der Waals surface area contributed by atoms with Crippen molar-refractivity contribution in [1.82, 2.24) is 14.5 Å². The molecule has 1 unspecified atom stereocenters. The molecule has 2 aliphatic rings. The zero-order valence-electron chi connectivity index (χ0n) is 38.7. The molecule has 1 aliphatic carbocycles. The van der Waals surface area contributed by atoms with Gasteiger partial charge in [-0.3, -0.25) is 0 Å². The van der Waals surface area contributed by atoms with Crippen molar-refractivity contribution in [1.29, 1.82) is 0 Å². The van der Waals surface area contributed by atoms with Gasteiger partial charge < -0.3 is 4.57 Å². The first-order chi connectivity index (χ1) is 33.2. The molecule has 3 heterocycles. The Balaban J connectivity index is 0.878. The van der Waals surface area contributed by atoms with E-state index in [0.717, 1.165) is 39.5 Å². The molecule has 0 fully saturated rings. The molecule has 9 aromatic carbocycles. The third-order valence-electron chi connectivity index (χ3n) is 15.2. The van der Waals surface area contributed by atoms with Crippen molar-refractivity contribution >= 4 is 21.8 Å². The maximum absolute atomic E-state index is 5.16. The monoisotopic (exact) mass is 871 g/mol. The highest BCUT2D eigenvalue weighted by molar-refractivity contribution is 6.12. The minimum atomic E-state index is -0.205. The Kier molecular flexibility index (Phi) is 8.98. The Hall–Kier alpha value is -8.14. The standard InChI is InChI=1S/C65H49N3/c1-64(2)53-25-12-11-23-50(53)61(43-31-29-41(30-32-43)46-34-36-59-52(38-46)49-24-16-27-55-62(49)68(59)60-28-14-13-26-54(60)65(55,3)4)51-35-33-47(39-56(51)64)45-21-15-22-48(37-45)58-40-57(42-17-7-5-8-18-42)66-63(67-58)44-19-9-6-10-20-44/h5-40,61H,1-4H3. The summed E-state index contributed by atoms with van der Waals surface area (Å²) in [5, 5.41) is 2.60. The highest BCUT2D eigenvalue weighted by atomic mass is 15.0. The molecule has 0 saturated carbocycles. The second-order valence-corrected chi connectivity index (χ2v) is 19.8. The van der Waals surface area contributed by atoms with Crippen molar-refractivity contribution in [3.63, 3.8) is 0 Å². The molecule has 0 bridgehead atoms. The molecular formula is C65H49N3. The summed E-state index contributed by atoms with van der Waals surface area (Å²) in [4.78, 5) is 10.2. The van der Waals surface area contributed by atoms with Crippen molar-refractivity contribution in [3.05, 3.63) is 257 Å². The average Bonchev–Trinajstić information content (AvgIpc) is 3.73. The van der Waals surface area contributed by atoms with Crippen LogP contribution in [0.2, 0.25) is 0 Å². The number of aromatic nitrogens is 3. The number of para-hydroxylation sites is 2. The quantitative estimate of drug-likeness (QED) is 0.167. The van der Waals surface area contributed by atoms with Crippen LogP contribution < -0.4 is 0 Å². The summed E-state index contributed by atoms with van der Waals surface area (Å²) in [5.74, 6) is 0.816. The van der Waals surface area contributed by atoms with Gasteiger partial charge in [-0.2, -0.15) is 0 Å². The number of benzene rings is 9. The summed E-state index contributed by atoms with van der Waals surface area (Å²) in [7, 11) is 0. The van der Waals surface area contributed by atoms with Crippen molar-refractivity contribution in [3.8, 4) is 61.8 Å². The van der Waals surface area contributed by atoms with E-state index in [1.165, 1.54) is 83.1 Å². The summed E-state index contributed by atoms with van der Waals surface area (Å²) in [6.45, 7) is 9.50. The van der Waals surface area contributed by atoms with Gasteiger partial charge in [0.2, 0.25) is 0 Å². The molecule has 1 atom stereocenters. The fourth-order valence-corrected chi connectivity index (χ4v) is 11.7. The third-order valence-corrected chi connectivity index (χ3v) is 15.2. The normalized spacial score (nSPS) is 15.1. The van der Waals surface area contributed by atoms with Crippen LogP contribution in [0.25, 0.3) is 83.6 Å². The first kappa shape index (κ1) is 40.2. The molecule has 0 radical (unpaired) electrons. The highest BCUT2D eigenvalue weighted by Crippen LogP contribution is 2.51. The second kappa shape index (κ2) is 15.2.